The van der Waals surface area contributed by atoms with E-state index in [0.717, 1.165) is 5.52 Å². The number of ketones is 1. The van der Waals surface area contributed by atoms with Gasteiger partial charge in [0.05, 0.1) is 0 Å². The van der Waals surface area contributed by atoms with Crippen molar-refractivity contribution in [2.45, 2.75) is 27.3 Å². The predicted octanol–water partition coefficient (Wildman–Crippen LogP) is 2.70. The van der Waals surface area contributed by atoms with Gasteiger partial charge >= 0.3 is 0 Å². The third-order valence-electron chi connectivity index (χ3n) is 2.51. The van der Waals surface area contributed by atoms with Gasteiger partial charge in [0.1, 0.15) is 17.6 Å². The third-order valence-corrected chi connectivity index (χ3v) is 2.74. The Labute approximate surface area is 105 Å². The minimum absolute atomic E-state index is 0.101. The highest BCUT2D eigenvalue weighted by Crippen LogP contribution is 2.18. The largest absolute Gasteiger partial charge is 0.297 e. The van der Waals surface area contributed by atoms with Crippen LogP contribution in [-0.2, 0) is 11.3 Å². The number of aromatic nitrogens is 3. The van der Waals surface area contributed by atoms with E-state index in [9.17, 15) is 4.79 Å². The highest BCUT2D eigenvalue weighted by atomic mass is 35.5. The molecular weight excluding hydrogens is 238 g/mol. The average molecular weight is 252 g/mol. The highest BCUT2D eigenvalue weighted by molar-refractivity contribution is 6.31. The molecule has 4 nitrogen and oxygen atoms in total. The molecule has 0 saturated carbocycles. The van der Waals surface area contributed by atoms with Gasteiger partial charge in [-0.15, -0.1) is 0 Å². The molecule has 2 rings (SSSR count). The van der Waals surface area contributed by atoms with Crippen LogP contribution in [-0.4, -0.2) is 20.8 Å². The minimum atomic E-state index is -0.378. The van der Waals surface area contributed by atoms with Gasteiger partial charge < -0.3 is 0 Å². The van der Waals surface area contributed by atoms with Crippen LogP contribution in [0.1, 0.15) is 20.8 Å². The quantitative estimate of drug-likeness (QED) is 0.825. The summed E-state index contributed by atoms with van der Waals surface area (Å²) in [5.41, 5.74) is 1.08. The number of hydrogen-bond donors (Lipinski definition) is 0. The third kappa shape index (κ3) is 2.64. The van der Waals surface area contributed by atoms with Crippen molar-refractivity contribution in [3.8, 4) is 0 Å². The zero-order chi connectivity index (χ0) is 12.6. The van der Waals surface area contributed by atoms with Crippen molar-refractivity contribution in [2.75, 3.05) is 0 Å². The standard InChI is InChI=1S/C12H14ClN3O/c1-12(2,3)11(17)7-16-14-9-5-4-8(13)6-10(9)15-16/h4-6H,7H2,1-3H3. The summed E-state index contributed by atoms with van der Waals surface area (Å²) in [6, 6.07) is 5.29. The van der Waals surface area contributed by atoms with Crippen molar-refractivity contribution in [3.05, 3.63) is 23.2 Å². The number of rotatable bonds is 2. The Kier molecular flexibility index (Phi) is 2.91. The molecule has 0 aliphatic rings. The van der Waals surface area contributed by atoms with Gasteiger partial charge in [-0.25, -0.2) is 0 Å². The summed E-state index contributed by atoms with van der Waals surface area (Å²) >= 11 is 5.86. The van der Waals surface area contributed by atoms with E-state index in [4.69, 9.17) is 11.6 Å². The molecule has 1 aromatic carbocycles. The van der Waals surface area contributed by atoms with Crippen LogP contribution in [0.15, 0.2) is 18.2 Å². The molecule has 1 heterocycles. The van der Waals surface area contributed by atoms with Crippen LogP contribution in [0.3, 0.4) is 0 Å². The molecule has 1 aromatic heterocycles. The van der Waals surface area contributed by atoms with Gasteiger partial charge in [0.2, 0.25) is 0 Å². The molecule has 0 amide bonds. The fraction of sp³-hybridized carbons (Fsp3) is 0.417. The van der Waals surface area contributed by atoms with Crippen molar-refractivity contribution >= 4 is 28.4 Å². The number of nitrogens with zero attached hydrogens (tertiary/aromatic N) is 3. The lowest BCUT2D eigenvalue weighted by Gasteiger charge is -2.15. The Hall–Kier alpha value is -1.42. The second-order valence-electron chi connectivity index (χ2n) is 5.04. The van der Waals surface area contributed by atoms with E-state index in [1.54, 1.807) is 18.2 Å². The summed E-state index contributed by atoms with van der Waals surface area (Å²) in [4.78, 5) is 13.3. The molecule has 0 unspecified atom stereocenters. The molecule has 17 heavy (non-hydrogen) atoms. The van der Waals surface area contributed by atoms with Gasteiger partial charge in [0.25, 0.3) is 0 Å². The Balaban J connectivity index is 2.29. The molecule has 0 bridgehead atoms. The predicted molar refractivity (Wildman–Crippen MR) is 67.0 cm³/mol. The number of benzene rings is 1. The Morgan fingerprint density at radius 2 is 1.94 bits per heavy atom. The second kappa shape index (κ2) is 4.11. The van der Waals surface area contributed by atoms with Gasteiger partial charge in [0, 0.05) is 10.4 Å². The number of Topliss-reactive ketones (excluding diaryl/α,β-unsaturated/α-hetero) is 1. The molecular formula is C12H14ClN3O. The van der Waals surface area contributed by atoms with Crippen molar-refractivity contribution in [3.63, 3.8) is 0 Å². The minimum Gasteiger partial charge on any atom is -0.297 e. The summed E-state index contributed by atoms with van der Waals surface area (Å²) in [6.45, 7) is 5.84. The monoisotopic (exact) mass is 251 g/mol. The summed E-state index contributed by atoms with van der Waals surface area (Å²) in [7, 11) is 0. The normalized spacial score (nSPS) is 12.0. The van der Waals surface area contributed by atoms with Gasteiger partial charge in [-0.3, -0.25) is 4.79 Å². The van der Waals surface area contributed by atoms with Crippen molar-refractivity contribution in [2.24, 2.45) is 5.41 Å². The van der Waals surface area contributed by atoms with Gasteiger partial charge in [-0.1, -0.05) is 32.4 Å². The first-order chi connectivity index (χ1) is 7.86. The van der Waals surface area contributed by atoms with Crippen molar-refractivity contribution in [1.82, 2.24) is 15.0 Å². The van der Waals surface area contributed by atoms with Crippen LogP contribution in [0.25, 0.3) is 11.0 Å². The molecule has 2 aromatic rings. The number of fused-ring (bicyclic) bond motifs is 1. The average Bonchev–Trinajstić information content (AvgIpc) is 2.57. The lowest BCUT2D eigenvalue weighted by Crippen LogP contribution is -2.26. The van der Waals surface area contributed by atoms with Gasteiger partial charge in [-0.2, -0.15) is 15.0 Å². The molecule has 0 saturated heterocycles. The molecule has 0 N–H and O–H groups in total. The van der Waals surface area contributed by atoms with E-state index in [1.165, 1.54) is 4.80 Å². The molecule has 0 atom stereocenters. The van der Waals surface area contributed by atoms with Crippen LogP contribution in [0.5, 0.6) is 0 Å². The first kappa shape index (κ1) is 12.0. The first-order valence-corrected chi connectivity index (χ1v) is 5.78. The van der Waals surface area contributed by atoms with E-state index < -0.39 is 0 Å². The van der Waals surface area contributed by atoms with E-state index >= 15 is 0 Å². The molecule has 0 aliphatic heterocycles. The topological polar surface area (TPSA) is 47.8 Å². The maximum atomic E-state index is 11.9. The van der Waals surface area contributed by atoms with Crippen molar-refractivity contribution in [1.29, 1.82) is 0 Å². The lowest BCUT2D eigenvalue weighted by molar-refractivity contribution is -0.127. The molecule has 90 valence electrons. The van der Waals surface area contributed by atoms with Crippen LogP contribution in [0.4, 0.5) is 0 Å². The Morgan fingerprint density at radius 1 is 1.29 bits per heavy atom. The lowest BCUT2D eigenvalue weighted by atomic mass is 9.91. The number of carbonyl (C=O) groups excluding carboxylic acids is 1. The molecule has 0 spiro atoms. The fourth-order valence-electron chi connectivity index (χ4n) is 1.37. The van der Waals surface area contributed by atoms with Crippen LogP contribution >= 0.6 is 11.6 Å². The zero-order valence-corrected chi connectivity index (χ0v) is 10.8. The summed E-state index contributed by atoms with van der Waals surface area (Å²) in [5.74, 6) is 0.101. The smallest absolute Gasteiger partial charge is 0.161 e. The number of carbonyl (C=O) groups is 1. The summed E-state index contributed by atoms with van der Waals surface area (Å²) in [5, 5.41) is 9.08. The van der Waals surface area contributed by atoms with E-state index in [0.29, 0.717) is 10.5 Å². The van der Waals surface area contributed by atoms with E-state index in [2.05, 4.69) is 10.2 Å². The van der Waals surface area contributed by atoms with Gasteiger partial charge in [-0.05, 0) is 18.2 Å². The highest BCUT2D eigenvalue weighted by Gasteiger charge is 2.22. The van der Waals surface area contributed by atoms with Crippen LogP contribution in [0.2, 0.25) is 5.02 Å². The molecule has 0 aliphatic carbocycles. The van der Waals surface area contributed by atoms with Crippen molar-refractivity contribution < 1.29 is 4.79 Å². The number of hydrogen-bond acceptors (Lipinski definition) is 3. The first-order valence-electron chi connectivity index (χ1n) is 5.40. The van der Waals surface area contributed by atoms with Crippen LogP contribution < -0.4 is 0 Å². The van der Waals surface area contributed by atoms with E-state index in [1.807, 2.05) is 20.8 Å². The zero-order valence-electron chi connectivity index (χ0n) is 10.1. The SMILES string of the molecule is CC(C)(C)C(=O)Cn1nc2ccc(Cl)cc2n1. The summed E-state index contributed by atoms with van der Waals surface area (Å²) in [6.07, 6.45) is 0. The molecule has 5 heteroatoms. The van der Waals surface area contributed by atoms with Gasteiger partial charge in [0.15, 0.2) is 5.78 Å². The fourth-order valence-corrected chi connectivity index (χ4v) is 1.53. The Morgan fingerprint density at radius 3 is 2.59 bits per heavy atom. The number of halogens is 1. The maximum absolute atomic E-state index is 11.9. The summed E-state index contributed by atoms with van der Waals surface area (Å²) < 4.78 is 0. The molecule has 0 radical (unpaired) electrons. The molecule has 0 fully saturated rings. The maximum Gasteiger partial charge on any atom is 0.161 e. The Bertz CT molecular complexity index is 569. The van der Waals surface area contributed by atoms with Crippen LogP contribution in [0, 0.1) is 5.41 Å². The van der Waals surface area contributed by atoms with E-state index in [-0.39, 0.29) is 17.7 Å². The second-order valence-corrected chi connectivity index (χ2v) is 5.47.